The van der Waals surface area contributed by atoms with Crippen LogP contribution in [0.1, 0.15) is 106 Å². The smallest absolute Gasteiger partial charge is 0.0604 e. The summed E-state index contributed by atoms with van der Waals surface area (Å²) in [7, 11) is 0. The standard InChI is InChI=1S/C30H50O2/c1-18(2)19-9-12-23-28(19,6)15-16-29(7)20-10-11-22-26(3,4)24(31)13-14-27(22,5)21(20)17-25(32)30(23,29)8/h19-25,31-32H,1,9-17H2,2-8H3. The van der Waals surface area contributed by atoms with Crippen molar-refractivity contribution in [3.05, 3.63) is 12.2 Å². The van der Waals surface area contributed by atoms with E-state index in [9.17, 15) is 10.2 Å². The third-order valence-corrected chi connectivity index (χ3v) is 13.7. The maximum Gasteiger partial charge on any atom is 0.0604 e. The summed E-state index contributed by atoms with van der Waals surface area (Å²) in [5.41, 5.74) is 2.09. The van der Waals surface area contributed by atoms with Crippen LogP contribution in [0, 0.1) is 56.7 Å². The minimum Gasteiger partial charge on any atom is -0.393 e. The Morgan fingerprint density at radius 2 is 1.38 bits per heavy atom. The highest BCUT2D eigenvalue weighted by Crippen LogP contribution is 2.77. The minimum atomic E-state index is -0.215. The zero-order valence-electron chi connectivity index (χ0n) is 22.0. The highest BCUT2D eigenvalue weighted by Gasteiger charge is 2.72. The number of aliphatic hydroxyl groups excluding tert-OH is 2. The van der Waals surface area contributed by atoms with Crippen LogP contribution in [0.3, 0.4) is 0 Å². The van der Waals surface area contributed by atoms with Crippen LogP contribution in [0.5, 0.6) is 0 Å². The highest BCUT2D eigenvalue weighted by atomic mass is 16.3. The van der Waals surface area contributed by atoms with Crippen LogP contribution in [-0.2, 0) is 0 Å². The molecule has 5 saturated carbocycles. The van der Waals surface area contributed by atoms with E-state index in [0.29, 0.717) is 35.0 Å². The lowest BCUT2D eigenvalue weighted by Crippen LogP contribution is -2.69. The molecule has 11 unspecified atom stereocenters. The van der Waals surface area contributed by atoms with Gasteiger partial charge in [-0.1, -0.05) is 53.7 Å². The molecular formula is C30H50O2. The average Bonchev–Trinajstić information content (AvgIpc) is 3.07. The summed E-state index contributed by atoms with van der Waals surface area (Å²) >= 11 is 0. The van der Waals surface area contributed by atoms with Gasteiger partial charge in [0.2, 0.25) is 0 Å². The van der Waals surface area contributed by atoms with E-state index in [-0.39, 0.29) is 33.9 Å². The molecule has 11 atom stereocenters. The van der Waals surface area contributed by atoms with Gasteiger partial charge in [-0.2, -0.15) is 0 Å². The summed E-state index contributed by atoms with van der Waals surface area (Å²) in [4.78, 5) is 0. The van der Waals surface area contributed by atoms with E-state index in [1.807, 2.05) is 0 Å². The first kappa shape index (κ1) is 23.4. The van der Waals surface area contributed by atoms with Crippen LogP contribution < -0.4 is 0 Å². The molecule has 2 nitrogen and oxygen atoms in total. The molecule has 5 aliphatic rings. The summed E-state index contributed by atoms with van der Waals surface area (Å²) in [5, 5.41) is 22.9. The largest absolute Gasteiger partial charge is 0.393 e. The van der Waals surface area contributed by atoms with Crippen molar-refractivity contribution in [3.63, 3.8) is 0 Å². The van der Waals surface area contributed by atoms with Crippen molar-refractivity contribution in [1.29, 1.82) is 0 Å². The first-order valence-electron chi connectivity index (χ1n) is 13.8. The number of allylic oxidation sites excluding steroid dienone is 1. The minimum absolute atomic E-state index is 0.00172. The third kappa shape index (κ3) is 2.55. The van der Waals surface area contributed by atoms with Crippen molar-refractivity contribution in [2.24, 2.45) is 56.7 Å². The van der Waals surface area contributed by atoms with Crippen molar-refractivity contribution < 1.29 is 10.2 Å². The van der Waals surface area contributed by atoms with Gasteiger partial charge >= 0.3 is 0 Å². The fraction of sp³-hybridized carbons (Fsp3) is 0.933. The molecule has 0 aromatic carbocycles. The highest BCUT2D eigenvalue weighted by molar-refractivity contribution is 5.23. The van der Waals surface area contributed by atoms with Crippen LogP contribution in [0.15, 0.2) is 12.2 Å². The lowest BCUT2D eigenvalue weighted by atomic mass is 9.32. The molecule has 32 heavy (non-hydrogen) atoms. The first-order valence-corrected chi connectivity index (χ1v) is 13.8. The molecule has 0 amide bonds. The Balaban J connectivity index is 1.55. The predicted octanol–water partition coefficient (Wildman–Crippen LogP) is 7.00. The summed E-state index contributed by atoms with van der Waals surface area (Å²) in [6.45, 7) is 21.4. The summed E-state index contributed by atoms with van der Waals surface area (Å²) in [6.07, 6.45) is 10.2. The average molecular weight is 443 g/mol. The van der Waals surface area contributed by atoms with E-state index in [2.05, 4.69) is 55.0 Å². The second-order valence-electron chi connectivity index (χ2n) is 14.7. The fourth-order valence-electron chi connectivity index (χ4n) is 11.7. The lowest BCUT2D eigenvalue weighted by molar-refractivity contribution is -0.270. The SMILES string of the molecule is C=C(C)C1CCC2C1(C)CCC1(C)C3CCC4C(C)(C)C(O)CCC4(C)C3CC(O)C21C. The van der Waals surface area contributed by atoms with Crippen molar-refractivity contribution >= 4 is 0 Å². The Hall–Kier alpha value is -0.340. The molecule has 5 aliphatic carbocycles. The van der Waals surface area contributed by atoms with Crippen LogP contribution >= 0.6 is 0 Å². The van der Waals surface area contributed by atoms with Crippen LogP contribution in [0.4, 0.5) is 0 Å². The summed E-state index contributed by atoms with van der Waals surface area (Å²) in [5.74, 6) is 3.07. The van der Waals surface area contributed by atoms with Gasteiger partial charge in [0, 0.05) is 5.41 Å². The fourth-order valence-corrected chi connectivity index (χ4v) is 11.7. The van der Waals surface area contributed by atoms with Gasteiger partial charge in [0.25, 0.3) is 0 Å². The van der Waals surface area contributed by atoms with E-state index < -0.39 is 0 Å². The molecule has 0 aromatic rings. The molecule has 5 rings (SSSR count). The van der Waals surface area contributed by atoms with Gasteiger partial charge < -0.3 is 10.2 Å². The number of hydrogen-bond acceptors (Lipinski definition) is 2. The van der Waals surface area contributed by atoms with Gasteiger partial charge in [0.1, 0.15) is 0 Å². The van der Waals surface area contributed by atoms with Crippen molar-refractivity contribution in [2.75, 3.05) is 0 Å². The first-order chi connectivity index (χ1) is 14.7. The monoisotopic (exact) mass is 442 g/mol. The molecule has 0 bridgehead atoms. The molecule has 0 spiro atoms. The molecule has 0 aliphatic heterocycles. The predicted molar refractivity (Wildman–Crippen MR) is 132 cm³/mol. The van der Waals surface area contributed by atoms with E-state index in [0.717, 1.165) is 19.3 Å². The van der Waals surface area contributed by atoms with E-state index >= 15 is 0 Å². The summed E-state index contributed by atoms with van der Waals surface area (Å²) < 4.78 is 0. The lowest BCUT2D eigenvalue weighted by Gasteiger charge is -2.72. The Labute approximate surface area is 197 Å². The number of hydrogen-bond donors (Lipinski definition) is 2. The van der Waals surface area contributed by atoms with Gasteiger partial charge in [0.15, 0.2) is 0 Å². The third-order valence-electron chi connectivity index (χ3n) is 13.7. The van der Waals surface area contributed by atoms with Crippen LogP contribution in [0.25, 0.3) is 0 Å². The Morgan fingerprint density at radius 3 is 2.03 bits per heavy atom. The van der Waals surface area contributed by atoms with Gasteiger partial charge in [-0.3, -0.25) is 0 Å². The second kappa shape index (κ2) is 6.87. The van der Waals surface area contributed by atoms with Crippen molar-refractivity contribution in [3.8, 4) is 0 Å². The van der Waals surface area contributed by atoms with Crippen LogP contribution in [0.2, 0.25) is 0 Å². The van der Waals surface area contributed by atoms with E-state index in [4.69, 9.17) is 0 Å². The van der Waals surface area contributed by atoms with Gasteiger partial charge in [0.05, 0.1) is 12.2 Å². The molecular weight excluding hydrogens is 392 g/mol. The Morgan fingerprint density at radius 1 is 0.719 bits per heavy atom. The maximum absolute atomic E-state index is 12.1. The topological polar surface area (TPSA) is 40.5 Å². The van der Waals surface area contributed by atoms with Gasteiger partial charge in [-0.15, -0.1) is 0 Å². The molecule has 2 N–H and O–H groups in total. The molecule has 0 aromatic heterocycles. The quantitative estimate of drug-likeness (QED) is 0.429. The Bertz CT molecular complexity index is 801. The number of aliphatic hydroxyl groups is 2. The van der Waals surface area contributed by atoms with Crippen molar-refractivity contribution in [2.45, 2.75) is 118 Å². The number of rotatable bonds is 1. The molecule has 0 radical (unpaired) electrons. The normalized spacial score (nSPS) is 58.8. The molecule has 2 heteroatoms. The van der Waals surface area contributed by atoms with Gasteiger partial charge in [-0.25, -0.2) is 0 Å². The van der Waals surface area contributed by atoms with Crippen molar-refractivity contribution in [1.82, 2.24) is 0 Å². The summed E-state index contributed by atoms with van der Waals surface area (Å²) in [6, 6.07) is 0. The van der Waals surface area contributed by atoms with Crippen LogP contribution in [-0.4, -0.2) is 22.4 Å². The molecule has 0 heterocycles. The Kier molecular flexibility index (Phi) is 5.02. The second-order valence-corrected chi connectivity index (χ2v) is 14.7. The number of fused-ring (bicyclic) bond motifs is 7. The van der Waals surface area contributed by atoms with E-state index in [1.54, 1.807) is 0 Å². The molecule has 0 saturated heterocycles. The zero-order valence-corrected chi connectivity index (χ0v) is 22.0. The van der Waals surface area contributed by atoms with Gasteiger partial charge in [-0.05, 0) is 116 Å². The van der Waals surface area contributed by atoms with E-state index in [1.165, 1.54) is 44.1 Å². The zero-order chi connectivity index (χ0) is 23.5. The molecule has 5 fully saturated rings. The molecule has 182 valence electrons. The maximum atomic E-state index is 12.1.